The minimum absolute atomic E-state index is 0.0341. The number of nitrogens with zero attached hydrogens (tertiary/aromatic N) is 3. The molecule has 414 valence electrons. The highest BCUT2D eigenvalue weighted by molar-refractivity contribution is 8.77. The molecule has 9 atom stereocenters. The van der Waals surface area contributed by atoms with E-state index in [1.165, 1.54) is 44.9 Å². The number of carbonyl (C=O) groups excluding carboxylic acids is 8. The summed E-state index contributed by atoms with van der Waals surface area (Å²) in [7, 11) is 9.22. The van der Waals surface area contributed by atoms with E-state index in [4.69, 9.17) is 28.5 Å². The molecule has 2 aromatic rings. The second-order valence-electron chi connectivity index (χ2n) is 20.4. The second-order valence-corrected chi connectivity index (χ2v) is 23.6. The SMILES string of the molecule is COc1cc2cc(c1-c1ccc(NC(=O)CCC(C)SSC(C)CCC(=O)ON3C(=O)CCC3=O)cc1)N(C)C(=O)C[C@H](OC(=O)[C@H](C)N(C)C(C)=O)[C@@]1(C)CC(C)(O1)[C@@H]1C[C@@](O)(NC(=O)O1)[C@H](OC)/C=C/C=C(\C)C2. The zero-order chi connectivity index (χ0) is 55.9. The van der Waals surface area contributed by atoms with Crippen molar-refractivity contribution in [3.8, 4) is 16.9 Å². The molecular formula is C54H71N5O15S2. The molecule has 5 aliphatic rings. The summed E-state index contributed by atoms with van der Waals surface area (Å²) in [5.41, 5.74) is -0.491. The minimum Gasteiger partial charge on any atom is -0.496 e. The smallest absolute Gasteiger partial charge is 0.409 e. The molecule has 5 heterocycles. The Kier molecular flexibility index (Phi) is 19.5. The maximum absolute atomic E-state index is 14.8. The van der Waals surface area contributed by atoms with Crippen LogP contribution in [0.25, 0.3) is 11.1 Å². The van der Waals surface area contributed by atoms with Gasteiger partial charge in [-0.05, 0) is 82.3 Å². The van der Waals surface area contributed by atoms with Gasteiger partial charge in [0.05, 0.1) is 19.2 Å². The first-order chi connectivity index (χ1) is 35.8. The first-order valence-corrected chi connectivity index (χ1v) is 27.5. The van der Waals surface area contributed by atoms with E-state index in [-0.39, 0.29) is 67.3 Å². The summed E-state index contributed by atoms with van der Waals surface area (Å²) in [6.07, 6.45) is 2.58. The minimum atomic E-state index is -1.90. The van der Waals surface area contributed by atoms with Crippen LogP contribution in [-0.4, -0.2) is 143 Å². The fraction of sp³-hybridized carbons (Fsp3) is 0.556. The van der Waals surface area contributed by atoms with Gasteiger partial charge in [-0.25, -0.2) is 14.4 Å². The van der Waals surface area contributed by atoms with Gasteiger partial charge in [0.25, 0.3) is 11.8 Å². The number of hydroxylamine groups is 2. The molecule has 76 heavy (non-hydrogen) atoms. The lowest BCUT2D eigenvalue weighted by atomic mass is 9.72. The lowest BCUT2D eigenvalue weighted by Crippen LogP contribution is -2.72. The molecule has 20 nitrogen and oxygen atoms in total. The highest BCUT2D eigenvalue weighted by Crippen LogP contribution is 2.51. The number of aliphatic hydroxyl groups is 1. The Morgan fingerprint density at radius 1 is 0.947 bits per heavy atom. The molecule has 6 bridgehead atoms. The molecule has 3 N–H and O–H groups in total. The number of likely N-dealkylation sites (N-methyl/N-ethyl adjacent to an activating group) is 1. The molecule has 2 aromatic carbocycles. The van der Waals surface area contributed by atoms with Crippen molar-refractivity contribution in [2.24, 2.45) is 0 Å². The summed E-state index contributed by atoms with van der Waals surface area (Å²) >= 11 is 0. The third-order valence-corrected chi connectivity index (χ3v) is 17.7. The monoisotopic (exact) mass is 1090 g/mol. The van der Waals surface area contributed by atoms with Crippen molar-refractivity contribution >= 4 is 80.5 Å². The van der Waals surface area contributed by atoms with Crippen LogP contribution in [0.5, 0.6) is 5.75 Å². The predicted molar refractivity (Wildman–Crippen MR) is 286 cm³/mol. The quantitative estimate of drug-likeness (QED) is 0.0823. The number of esters is 1. The average Bonchev–Trinajstić information content (AvgIpc) is 3.67. The number of amides is 6. The van der Waals surface area contributed by atoms with Crippen LogP contribution < -0.4 is 20.3 Å². The Morgan fingerprint density at radius 2 is 1.58 bits per heavy atom. The van der Waals surface area contributed by atoms with Crippen molar-refractivity contribution in [3.63, 3.8) is 0 Å². The maximum atomic E-state index is 14.8. The van der Waals surface area contributed by atoms with E-state index < -0.39 is 77.0 Å². The molecule has 5 aliphatic heterocycles. The number of methoxy groups -OCH3 is 2. The number of anilines is 2. The van der Waals surface area contributed by atoms with Gasteiger partial charge in [-0.15, -0.1) is 5.06 Å². The van der Waals surface area contributed by atoms with Crippen LogP contribution in [0.3, 0.4) is 0 Å². The lowest BCUT2D eigenvalue weighted by Gasteiger charge is -2.59. The Balaban J connectivity index is 1.22. The third-order valence-electron chi connectivity index (χ3n) is 14.2. The van der Waals surface area contributed by atoms with Gasteiger partial charge in [0, 0.05) is 88.4 Å². The standard InChI is InChI=1S/C54H71N5O15S2/c1-31-13-12-14-41(70-11)54(68)29-43(72-51(67)56-54)53(7)30-52(6,74-53)42(71-50(66)34(4)57(8)35(5)60)28-47(64)58(9)39-26-36(25-31)27-40(69-10)49(39)37-17-19-38(20-18-37)55-44(61)21-15-32(2)75-76-33(3)16-24-48(65)73-59-45(62)22-23-46(59)63/h12-14,17-20,26-27,32-34,41-43,68H,15-16,21-25,28-30H2,1-11H3,(H,55,61)(H,56,67)/b14-12+,31-13+/t32?,33?,34-,41+,42-,43-,52+,53?,54-/m0/s1. The Morgan fingerprint density at radius 3 is 2.18 bits per heavy atom. The number of benzene rings is 2. The molecule has 7 rings (SSSR count). The summed E-state index contributed by atoms with van der Waals surface area (Å²) in [5.74, 6) is -3.00. The number of alkyl carbamates (subject to hydrolysis) is 1. The van der Waals surface area contributed by atoms with Crippen LogP contribution >= 0.6 is 21.6 Å². The largest absolute Gasteiger partial charge is 0.496 e. The molecule has 6 amide bonds. The van der Waals surface area contributed by atoms with Gasteiger partial charge in [0.1, 0.15) is 41.3 Å². The Labute approximate surface area is 451 Å². The predicted octanol–water partition coefficient (Wildman–Crippen LogP) is 6.96. The number of carbonyl (C=O) groups is 8. The number of hydrogen-bond acceptors (Lipinski definition) is 17. The molecular weight excluding hydrogens is 1020 g/mol. The number of nitrogens with one attached hydrogen (secondary N) is 2. The summed E-state index contributed by atoms with van der Waals surface area (Å²) in [5, 5.41) is 18.1. The number of ether oxygens (including phenoxy) is 5. The molecule has 0 saturated carbocycles. The molecule has 3 fully saturated rings. The maximum Gasteiger partial charge on any atom is 0.409 e. The third kappa shape index (κ3) is 14.3. The fourth-order valence-corrected chi connectivity index (χ4v) is 12.1. The van der Waals surface area contributed by atoms with Crippen LogP contribution in [0.4, 0.5) is 16.2 Å². The highest BCUT2D eigenvalue weighted by Gasteiger charge is 2.63. The van der Waals surface area contributed by atoms with Crippen LogP contribution in [0.15, 0.2) is 60.2 Å². The summed E-state index contributed by atoms with van der Waals surface area (Å²) < 4.78 is 30.2. The summed E-state index contributed by atoms with van der Waals surface area (Å²) in [6.45, 7) is 12.2. The van der Waals surface area contributed by atoms with E-state index in [0.717, 1.165) is 11.1 Å². The summed E-state index contributed by atoms with van der Waals surface area (Å²) in [6, 6.07) is 9.91. The molecule has 22 heteroatoms. The van der Waals surface area contributed by atoms with Crippen LogP contribution in [0, 0.1) is 0 Å². The van der Waals surface area contributed by atoms with Crippen LogP contribution in [0.1, 0.15) is 112 Å². The first kappa shape index (κ1) is 59.3. The zero-order valence-corrected chi connectivity index (χ0v) is 46.7. The highest BCUT2D eigenvalue weighted by atomic mass is 33.1. The van der Waals surface area contributed by atoms with Crippen molar-refractivity contribution in [3.05, 3.63) is 65.8 Å². The van der Waals surface area contributed by atoms with Gasteiger partial charge < -0.3 is 48.7 Å². The van der Waals surface area contributed by atoms with E-state index in [2.05, 4.69) is 10.6 Å². The molecule has 3 unspecified atom stereocenters. The first-order valence-electron chi connectivity index (χ1n) is 25.3. The average molecular weight is 1090 g/mol. The Bertz CT molecular complexity index is 2590. The van der Waals surface area contributed by atoms with Crippen molar-refractivity contribution in [1.29, 1.82) is 0 Å². The number of fused-ring (bicyclic) bond motifs is 6. The molecule has 3 saturated heterocycles. The van der Waals surface area contributed by atoms with Gasteiger partial charge in [-0.1, -0.05) is 71.4 Å². The normalized spacial score (nSPS) is 27.1. The number of allylic oxidation sites excluding steroid dienone is 3. The van der Waals surface area contributed by atoms with E-state index in [1.807, 2.05) is 51.1 Å². The van der Waals surface area contributed by atoms with E-state index in [0.29, 0.717) is 52.6 Å². The van der Waals surface area contributed by atoms with Crippen molar-refractivity contribution in [2.75, 3.05) is 38.5 Å². The number of rotatable bonds is 17. The molecule has 0 aliphatic carbocycles. The van der Waals surface area contributed by atoms with Gasteiger partial charge in [0.15, 0.2) is 5.72 Å². The number of hydrogen-bond donors (Lipinski definition) is 3. The van der Waals surface area contributed by atoms with Crippen molar-refractivity contribution < 1.29 is 72.0 Å². The van der Waals surface area contributed by atoms with E-state index in [1.54, 1.807) is 66.8 Å². The van der Waals surface area contributed by atoms with E-state index >= 15 is 0 Å². The van der Waals surface area contributed by atoms with Crippen LogP contribution in [-0.2, 0) is 63.8 Å². The molecule has 0 spiro atoms. The number of imide groups is 1. The van der Waals surface area contributed by atoms with Crippen molar-refractivity contribution in [2.45, 2.75) is 164 Å². The topological polar surface area (TPSA) is 246 Å². The van der Waals surface area contributed by atoms with Gasteiger partial charge >= 0.3 is 18.0 Å². The van der Waals surface area contributed by atoms with Gasteiger partial charge in [-0.2, -0.15) is 0 Å². The van der Waals surface area contributed by atoms with Crippen LogP contribution in [0.2, 0.25) is 0 Å². The Hall–Kier alpha value is -5.94. The second kappa shape index (κ2) is 25.0. The fourth-order valence-electron chi connectivity index (χ4n) is 9.60. The molecule has 0 aromatic heterocycles. The zero-order valence-electron chi connectivity index (χ0n) is 45.1. The van der Waals surface area contributed by atoms with Gasteiger partial charge in [-0.3, -0.25) is 29.3 Å². The lowest BCUT2D eigenvalue weighted by molar-refractivity contribution is -0.328. The summed E-state index contributed by atoms with van der Waals surface area (Å²) in [4.78, 5) is 111. The van der Waals surface area contributed by atoms with Crippen molar-refractivity contribution in [1.82, 2.24) is 15.3 Å². The van der Waals surface area contributed by atoms with Gasteiger partial charge in [0.2, 0.25) is 17.7 Å². The van der Waals surface area contributed by atoms with E-state index in [9.17, 15) is 43.5 Å². The molecule has 0 radical (unpaired) electrons.